The second-order valence-electron chi connectivity index (χ2n) is 3.04. The van der Waals surface area contributed by atoms with Gasteiger partial charge in [-0.1, -0.05) is 36.7 Å². The fourth-order valence-electron chi connectivity index (χ4n) is 1.06. The number of nitrogens with zero attached hydrogens (tertiary/aromatic N) is 2. The van der Waals surface area contributed by atoms with E-state index in [0.717, 1.165) is 18.4 Å². The third-order valence-electron chi connectivity index (χ3n) is 1.85. The zero-order valence-electron chi connectivity index (χ0n) is 8.73. The molecule has 0 heterocycles. The lowest BCUT2D eigenvalue weighted by Crippen LogP contribution is -1.91. The van der Waals surface area contributed by atoms with Crippen molar-refractivity contribution in [3.63, 3.8) is 0 Å². The Hall–Kier alpha value is -1.82. The van der Waals surface area contributed by atoms with Gasteiger partial charge in [0.25, 0.3) is 0 Å². The Kier molecular flexibility index (Phi) is 4.96. The van der Waals surface area contributed by atoms with Crippen molar-refractivity contribution in [1.29, 1.82) is 5.26 Å². The van der Waals surface area contributed by atoms with Crippen LogP contribution in [0.4, 0.5) is 0 Å². The van der Waals surface area contributed by atoms with E-state index in [1.54, 1.807) is 6.07 Å². The molecule has 0 bridgehead atoms. The highest BCUT2D eigenvalue weighted by Crippen LogP contribution is 2.08. The number of hydrogen-bond donors (Lipinski definition) is 0. The molecule has 0 aliphatic rings. The molecule has 0 amide bonds. The van der Waals surface area contributed by atoms with Gasteiger partial charge in [-0.05, 0) is 12.5 Å². The first kappa shape index (κ1) is 11.3. The summed E-state index contributed by atoms with van der Waals surface area (Å²) in [5, 5.41) is 12.5. The molecule has 15 heavy (non-hydrogen) atoms. The zero-order valence-corrected chi connectivity index (χ0v) is 8.73. The minimum absolute atomic E-state index is 0.320. The first-order chi connectivity index (χ1) is 7.38. The van der Waals surface area contributed by atoms with Crippen molar-refractivity contribution in [1.82, 2.24) is 0 Å². The average molecular weight is 201 g/mol. The van der Waals surface area contributed by atoms with Gasteiger partial charge in [-0.2, -0.15) is 5.26 Å². The molecule has 3 heteroatoms. The van der Waals surface area contributed by atoms with Crippen molar-refractivity contribution in [2.24, 2.45) is 5.16 Å². The van der Waals surface area contributed by atoms with Crippen LogP contribution in [0, 0.1) is 11.3 Å². The first-order valence-corrected chi connectivity index (χ1v) is 4.91. The van der Waals surface area contributed by atoms with Gasteiger partial charge in [-0.25, -0.2) is 0 Å². The zero-order chi connectivity index (χ0) is 10.9. The van der Waals surface area contributed by atoms with E-state index in [9.17, 15) is 0 Å². The van der Waals surface area contributed by atoms with Crippen LogP contribution < -0.4 is 0 Å². The molecule has 0 aromatic heterocycles. The third kappa shape index (κ3) is 3.82. The summed E-state index contributed by atoms with van der Waals surface area (Å²) >= 11 is 0. The normalized spacial score (nSPS) is 10.1. The maximum Gasteiger partial charge on any atom is 0.143 e. The molecule has 0 unspecified atom stereocenters. The summed E-state index contributed by atoms with van der Waals surface area (Å²) in [7, 11) is 0. The second kappa shape index (κ2) is 6.61. The van der Waals surface area contributed by atoms with Crippen molar-refractivity contribution >= 4 is 6.21 Å². The van der Waals surface area contributed by atoms with E-state index in [1.165, 1.54) is 0 Å². The Morgan fingerprint density at radius 1 is 1.40 bits per heavy atom. The lowest BCUT2D eigenvalue weighted by Gasteiger charge is -2.00. The summed E-state index contributed by atoms with van der Waals surface area (Å²) in [6, 6.07) is 9.42. The summed E-state index contributed by atoms with van der Waals surface area (Å²) in [4.78, 5) is 5.03. The van der Waals surface area contributed by atoms with Crippen LogP contribution in [0.2, 0.25) is 0 Å². The molecule has 0 aliphatic carbocycles. The molecular formula is C12H13N2O. The van der Waals surface area contributed by atoms with E-state index in [1.807, 2.05) is 25.1 Å². The summed E-state index contributed by atoms with van der Waals surface area (Å²) in [6.07, 6.45) is 4.56. The number of hydrogen-bond acceptors (Lipinski definition) is 3. The van der Waals surface area contributed by atoms with Crippen LogP contribution in [0.1, 0.15) is 30.9 Å². The van der Waals surface area contributed by atoms with Gasteiger partial charge in [0, 0.05) is 5.56 Å². The van der Waals surface area contributed by atoms with E-state index in [4.69, 9.17) is 10.1 Å². The molecule has 0 N–H and O–H groups in total. The standard InChI is InChI=1S/C12H13N2O/c1-2-3-8-14-15-10-12-7-5-4-6-11(12)9-13/h4-7H,2-3,10H2,1H3. The van der Waals surface area contributed by atoms with Gasteiger partial charge in [0.2, 0.25) is 0 Å². The van der Waals surface area contributed by atoms with Crippen LogP contribution in [-0.4, -0.2) is 6.21 Å². The van der Waals surface area contributed by atoms with Crippen molar-refractivity contribution < 1.29 is 4.84 Å². The fourth-order valence-corrected chi connectivity index (χ4v) is 1.06. The lowest BCUT2D eigenvalue weighted by atomic mass is 10.1. The number of benzene rings is 1. The minimum atomic E-state index is 0.320. The highest BCUT2D eigenvalue weighted by molar-refractivity contribution is 5.55. The minimum Gasteiger partial charge on any atom is -0.391 e. The summed E-state index contributed by atoms with van der Waals surface area (Å²) in [5.74, 6) is 0. The summed E-state index contributed by atoms with van der Waals surface area (Å²) < 4.78 is 0. The maximum atomic E-state index is 8.81. The SMILES string of the molecule is CCC/[C]=N/OCc1ccccc1C#N. The number of rotatable bonds is 5. The second-order valence-corrected chi connectivity index (χ2v) is 3.04. The van der Waals surface area contributed by atoms with Crippen molar-refractivity contribution in [3.05, 3.63) is 35.4 Å². The van der Waals surface area contributed by atoms with Gasteiger partial charge in [-0.3, -0.25) is 0 Å². The Balaban J connectivity index is 2.47. The predicted molar refractivity (Wildman–Crippen MR) is 58.3 cm³/mol. The largest absolute Gasteiger partial charge is 0.391 e. The van der Waals surface area contributed by atoms with Crippen LogP contribution in [-0.2, 0) is 11.4 Å². The van der Waals surface area contributed by atoms with Crippen LogP contribution in [0.3, 0.4) is 0 Å². The van der Waals surface area contributed by atoms with Gasteiger partial charge in [-0.15, -0.1) is 0 Å². The molecular weight excluding hydrogens is 188 g/mol. The predicted octanol–water partition coefficient (Wildman–Crippen LogP) is 2.74. The van der Waals surface area contributed by atoms with Gasteiger partial charge in [0.15, 0.2) is 0 Å². The van der Waals surface area contributed by atoms with Crippen molar-refractivity contribution in [2.75, 3.05) is 0 Å². The number of nitriles is 1. The van der Waals surface area contributed by atoms with E-state index in [0.29, 0.717) is 12.2 Å². The molecule has 1 aromatic carbocycles. The van der Waals surface area contributed by atoms with E-state index < -0.39 is 0 Å². The molecule has 0 saturated carbocycles. The highest BCUT2D eigenvalue weighted by atomic mass is 16.6. The molecule has 3 nitrogen and oxygen atoms in total. The molecule has 0 aliphatic heterocycles. The van der Waals surface area contributed by atoms with Crippen LogP contribution >= 0.6 is 0 Å². The fraction of sp³-hybridized carbons (Fsp3) is 0.333. The van der Waals surface area contributed by atoms with E-state index in [-0.39, 0.29) is 0 Å². The van der Waals surface area contributed by atoms with Crippen LogP contribution in [0.25, 0.3) is 0 Å². The molecule has 77 valence electrons. The maximum absolute atomic E-state index is 8.81. The Morgan fingerprint density at radius 2 is 2.20 bits per heavy atom. The van der Waals surface area contributed by atoms with Crippen molar-refractivity contribution in [2.45, 2.75) is 26.4 Å². The molecule has 0 saturated heterocycles. The Morgan fingerprint density at radius 3 is 2.93 bits per heavy atom. The third-order valence-corrected chi connectivity index (χ3v) is 1.85. The first-order valence-electron chi connectivity index (χ1n) is 4.91. The van der Waals surface area contributed by atoms with E-state index >= 15 is 0 Å². The van der Waals surface area contributed by atoms with Crippen LogP contribution in [0.15, 0.2) is 29.4 Å². The van der Waals surface area contributed by atoms with Gasteiger partial charge in [0.1, 0.15) is 12.8 Å². The highest BCUT2D eigenvalue weighted by Gasteiger charge is 1.99. The van der Waals surface area contributed by atoms with Gasteiger partial charge >= 0.3 is 0 Å². The summed E-state index contributed by atoms with van der Waals surface area (Å²) in [5.41, 5.74) is 1.48. The molecule has 1 rings (SSSR count). The summed E-state index contributed by atoms with van der Waals surface area (Å²) in [6.45, 7) is 2.37. The van der Waals surface area contributed by atoms with Crippen LogP contribution in [0.5, 0.6) is 0 Å². The molecule has 0 atom stereocenters. The Labute approximate surface area is 90.0 Å². The monoisotopic (exact) mass is 201 g/mol. The Bertz CT molecular complexity index is 366. The van der Waals surface area contributed by atoms with Gasteiger partial charge in [0.05, 0.1) is 11.6 Å². The molecule has 1 aromatic rings. The molecule has 0 fully saturated rings. The smallest absolute Gasteiger partial charge is 0.143 e. The molecule has 0 spiro atoms. The van der Waals surface area contributed by atoms with Gasteiger partial charge < -0.3 is 4.84 Å². The van der Waals surface area contributed by atoms with E-state index in [2.05, 4.69) is 17.4 Å². The van der Waals surface area contributed by atoms with Crippen molar-refractivity contribution in [3.8, 4) is 6.07 Å². The quantitative estimate of drug-likeness (QED) is 0.543. The molecule has 1 radical (unpaired) electrons. The number of unbranched alkanes of at least 4 members (excludes halogenated alkanes) is 1. The topological polar surface area (TPSA) is 45.4 Å². The average Bonchev–Trinajstić information content (AvgIpc) is 2.29. The lowest BCUT2D eigenvalue weighted by molar-refractivity contribution is 0.131.